The summed E-state index contributed by atoms with van der Waals surface area (Å²) in [5.41, 5.74) is 1.38. The van der Waals surface area contributed by atoms with E-state index < -0.39 is 0 Å². The summed E-state index contributed by atoms with van der Waals surface area (Å²) in [5, 5.41) is 3.51. The van der Waals surface area contributed by atoms with Crippen molar-refractivity contribution in [2.45, 2.75) is 24.6 Å². The zero-order valence-corrected chi connectivity index (χ0v) is 9.09. The van der Waals surface area contributed by atoms with Gasteiger partial charge in [-0.25, -0.2) is 0 Å². The van der Waals surface area contributed by atoms with Crippen LogP contribution in [0, 0.1) is 0 Å². The Balaban J connectivity index is 1.67. The number of thioether (sulfide) groups is 1. The van der Waals surface area contributed by atoms with Gasteiger partial charge in [-0.2, -0.15) is 11.8 Å². The largest absolute Gasteiger partial charge is 0.313 e. The van der Waals surface area contributed by atoms with Gasteiger partial charge >= 0.3 is 0 Å². The lowest BCUT2D eigenvalue weighted by atomic mass is 10.3. The van der Waals surface area contributed by atoms with Crippen molar-refractivity contribution in [2.75, 3.05) is 12.3 Å². The van der Waals surface area contributed by atoms with Crippen molar-refractivity contribution in [3.63, 3.8) is 0 Å². The Hall–Kier alpha value is -0.540. The molecular formula is C11H16N2S. The van der Waals surface area contributed by atoms with Crippen LogP contribution in [0.25, 0.3) is 0 Å². The van der Waals surface area contributed by atoms with Crippen LogP contribution in [-0.2, 0) is 5.75 Å². The zero-order valence-electron chi connectivity index (χ0n) is 8.28. The molecule has 1 aromatic rings. The molecule has 1 fully saturated rings. The van der Waals surface area contributed by atoms with Gasteiger partial charge in [0, 0.05) is 29.9 Å². The van der Waals surface area contributed by atoms with Crippen LogP contribution in [0.1, 0.15) is 18.4 Å². The standard InChI is InChI=1S/C11H16N2S/c1-2-11(13-5-1)9-14-8-10-3-6-12-7-4-10/h3-4,6-7,11,13H,1-2,5,8-9H2. The Morgan fingerprint density at radius 1 is 1.43 bits per heavy atom. The molecule has 0 saturated carbocycles. The summed E-state index contributed by atoms with van der Waals surface area (Å²) in [7, 11) is 0. The van der Waals surface area contributed by atoms with Gasteiger partial charge in [-0.15, -0.1) is 0 Å². The van der Waals surface area contributed by atoms with Crippen molar-refractivity contribution >= 4 is 11.8 Å². The maximum atomic E-state index is 4.01. The summed E-state index contributed by atoms with van der Waals surface area (Å²) in [6.45, 7) is 1.21. The molecule has 0 spiro atoms. The van der Waals surface area contributed by atoms with Crippen molar-refractivity contribution in [3.05, 3.63) is 30.1 Å². The Kier molecular flexibility index (Phi) is 3.83. The summed E-state index contributed by atoms with van der Waals surface area (Å²) in [4.78, 5) is 4.01. The highest BCUT2D eigenvalue weighted by Gasteiger charge is 2.13. The summed E-state index contributed by atoms with van der Waals surface area (Å²) in [6, 6.07) is 4.94. The molecule has 3 heteroatoms. The van der Waals surface area contributed by atoms with Gasteiger partial charge in [0.05, 0.1) is 0 Å². The quantitative estimate of drug-likeness (QED) is 0.820. The van der Waals surface area contributed by atoms with Crippen LogP contribution in [0.2, 0.25) is 0 Å². The van der Waals surface area contributed by atoms with E-state index in [1.807, 2.05) is 24.2 Å². The smallest absolute Gasteiger partial charge is 0.0270 e. The molecule has 0 aromatic carbocycles. The van der Waals surface area contributed by atoms with Crippen LogP contribution in [0.4, 0.5) is 0 Å². The molecule has 2 rings (SSSR count). The molecule has 0 bridgehead atoms. The molecule has 2 nitrogen and oxygen atoms in total. The van der Waals surface area contributed by atoms with Crippen LogP contribution in [0.5, 0.6) is 0 Å². The van der Waals surface area contributed by atoms with Crippen LogP contribution >= 0.6 is 11.8 Å². The lowest BCUT2D eigenvalue weighted by molar-refractivity contribution is 0.674. The average Bonchev–Trinajstić information content (AvgIpc) is 2.72. The minimum atomic E-state index is 0.752. The number of nitrogens with one attached hydrogen (secondary N) is 1. The topological polar surface area (TPSA) is 24.9 Å². The van der Waals surface area contributed by atoms with Crippen LogP contribution in [-0.4, -0.2) is 23.3 Å². The first-order chi connectivity index (χ1) is 6.95. The fraction of sp³-hybridized carbons (Fsp3) is 0.545. The third kappa shape index (κ3) is 3.00. The molecule has 1 aromatic heterocycles. The number of rotatable bonds is 4. The molecule has 1 unspecified atom stereocenters. The first-order valence-electron chi connectivity index (χ1n) is 5.15. The predicted molar refractivity (Wildman–Crippen MR) is 61.4 cm³/mol. The Bertz CT molecular complexity index is 257. The molecule has 1 aliphatic rings. The number of hydrogen-bond acceptors (Lipinski definition) is 3. The zero-order chi connectivity index (χ0) is 9.64. The van der Waals surface area contributed by atoms with E-state index in [0.717, 1.165) is 11.8 Å². The van der Waals surface area contributed by atoms with E-state index in [2.05, 4.69) is 22.4 Å². The van der Waals surface area contributed by atoms with Crippen molar-refractivity contribution < 1.29 is 0 Å². The van der Waals surface area contributed by atoms with Gasteiger partial charge in [0.2, 0.25) is 0 Å². The molecule has 0 amide bonds. The third-order valence-corrected chi connectivity index (χ3v) is 3.68. The number of aromatic nitrogens is 1. The van der Waals surface area contributed by atoms with Gasteiger partial charge in [0.25, 0.3) is 0 Å². The van der Waals surface area contributed by atoms with Gasteiger partial charge < -0.3 is 5.32 Å². The van der Waals surface area contributed by atoms with Gasteiger partial charge in [0.15, 0.2) is 0 Å². The lowest BCUT2D eigenvalue weighted by Crippen LogP contribution is -2.23. The van der Waals surface area contributed by atoms with E-state index in [0.29, 0.717) is 0 Å². The predicted octanol–water partition coefficient (Wildman–Crippen LogP) is 2.07. The highest BCUT2D eigenvalue weighted by Crippen LogP contribution is 2.16. The van der Waals surface area contributed by atoms with Crippen molar-refractivity contribution in [2.24, 2.45) is 0 Å². The first-order valence-corrected chi connectivity index (χ1v) is 6.30. The molecule has 1 atom stereocenters. The first kappa shape index (κ1) is 9.99. The molecular weight excluding hydrogens is 192 g/mol. The molecule has 0 radical (unpaired) electrons. The van der Waals surface area contributed by atoms with Crippen LogP contribution in [0.3, 0.4) is 0 Å². The number of pyridine rings is 1. The monoisotopic (exact) mass is 208 g/mol. The second-order valence-corrected chi connectivity index (χ2v) is 4.69. The summed E-state index contributed by atoms with van der Waals surface area (Å²) in [6.07, 6.45) is 6.43. The Labute approximate surface area is 89.5 Å². The third-order valence-electron chi connectivity index (χ3n) is 2.50. The van der Waals surface area contributed by atoms with Gasteiger partial charge in [-0.05, 0) is 37.1 Å². The van der Waals surface area contributed by atoms with Crippen LogP contribution < -0.4 is 5.32 Å². The molecule has 14 heavy (non-hydrogen) atoms. The van der Waals surface area contributed by atoms with Crippen molar-refractivity contribution in [1.29, 1.82) is 0 Å². The number of nitrogens with zero attached hydrogens (tertiary/aromatic N) is 1. The fourth-order valence-corrected chi connectivity index (χ4v) is 2.81. The van der Waals surface area contributed by atoms with Crippen molar-refractivity contribution in [1.82, 2.24) is 10.3 Å². The summed E-state index contributed by atoms with van der Waals surface area (Å²) < 4.78 is 0. The van der Waals surface area contributed by atoms with E-state index >= 15 is 0 Å². The average molecular weight is 208 g/mol. The molecule has 1 aliphatic heterocycles. The lowest BCUT2D eigenvalue weighted by Gasteiger charge is -2.08. The summed E-state index contributed by atoms with van der Waals surface area (Å²) >= 11 is 2.01. The van der Waals surface area contributed by atoms with Crippen LogP contribution in [0.15, 0.2) is 24.5 Å². The maximum Gasteiger partial charge on any atom is 0.0270 e. The Morgan fingerprint density at radius 2 is 2.29 bits per heavy atom. The molecule has 2 heterocycles. The van der Waals surface area contributed by atoms with E-state index in [4.69, 9.17) is 0 Å². The van der Waals surface area contributed by atoms with Crippen molar-refractivity contribution in [3.8, 4) is 0 Å². The SMILES string of the molecule is c1cc(CSCC2CCCN2)ccn1. The maximum absolute atomic E-state index is 4.01. The van der Waals surface area contributed by atoms with E-state index in [1.54, 1.807) is 0 Å². The molecule has 1 saturated heterocycles. The van der Waals surface area contributed by atoms with E-state index in [-0.39, 0.29) is 0 Å². The van der Waals surface area contributed by atoms with E-state index in [1.165, 1.54) is 30.7 Å². The second-order valence-electron chi connectivity index (χ2n) is 3.66. The Morgan fingerprint density at radius 3 is 3.00 bits per heavy atom. The van der Waals surface area contributed by atoms with E-state index in [9.17, 15) is 0 Å². The highest BCUT2D eigenvalue weighted by atomic mass is 32.2. The highest BCUT2D eigenvalue weighted by molar-refractivity contribution is 7.98. The minimum Gasteiger partial charge on any atom is -0.313 e. The number of hydrogen-bond donors (Lipinski definition) is 1. The van der Waals surface area contributed by atoms with Gasteiger partial charge in [-0.3, -0.25) is 4.98 Å². The molecule has 1 N–H and O–H groups in total. The second kappa shape index (κ2) is 5.37. The molecule has 0 aliphatic carbocycles. The fourth-order valence-electron chi connectivity index (χ4n) is 1.70. The minimum absolute atomic E-state index is 0.752. The summed E-state index contributed by atoms with van der Waals surface area (Å²) in [5.74, 6) is 2.35. The van der Waals surface area contributed by atoms with Gasteiger partial charge in [-0.1, -0.05) is 0 Å². The molecule has 76 valence electrons. The normalized spacial score (nSPS) is 21.3. The van der Waals surface area contributed by atoms with Gasteiger partial charge in [0.1, 0.15) is 0 Å².